The Bertz CT molecular complexity index is 763. The summed E-state index contributed by atoms with van der Waals surface area (Å²) in [5.74, 6) is -2.44. The van der Waals surface area contributed by atoms with Crippen molar-refractivity contribution in [3.63, 3.8) is 0 Å². The number of benzene rings is 1. The van der Waals surface area contributed by atoms with Crippen LogP contribution < -0.4 is 5.73 Å². The van der Waals surface area contributed by atoms with Gasteiger partial charge in [-0.3, -0.25) is 4.79 Å². The topological polar surface area (TPSA) is 82.7 Å². The van der Waals surface area contributed by atoms with Crippen LogP contribution in [0.15, 0.2) is 36.4 Å². The number of nitrogens with one attached hydrogen (secondary N) is 1. The summed E-state index contributed by atoms with van der Waals surface area (Å²) in [5, 5.41) is 9.18. The van der Waals surface area contributed by atoms with E-state index >= 15 is 0 Å². The number of aromatic amines is 1. The van der Waals surface area contributed by atoms with Crippen molar-refractivity contribution < 1.29 is 9.18 Å². The molecule has 0 spiro atoms. The van der Waals surface area contributed by atoms with Crippen LogP contribution in [0.1, 0.15) is 22.0 Å². The molecular formula is C14H10FN3OS. The van der Waals surface area contributed by atoms with Crippen molar-refractivity contribution in [2.75, 3.05) is 5.73 Å². The van der Waals surface area contributed by atoms with Gasteiger partial charge < -0.3 is 10.7 Å². The molecule has 1 unspecified atom stereocenters. The van der Waals surface area contributed by atoms with Crippen molar-refractivity contribution in [2.45, 2.75) is 5.92 Å². The normalized spacial score (nSPS) is 11.6. The van der Waals surface area contributed by atoms with E-state index in [1.807, 2.05) is 6.07 Å². The molecule has 0 saturated carbocycles. The Morgan fingerprint density at radius 3 is 2.65 bits per heavy atom. The van der Waals surface area contributed by atoms with E-state index in [0.717, 1.165) is 0 Å². The lowest BCUT2D eigenvalue weighted by Gasteiger charge is -2.10. The number of H-pyrrole nitrogens is 1. The van der Waals surface area contributed by atoms with E-state index in [1.54, 1.807) is 0 Å². The van der Waals surface area contributed by atoms with E-state index < -0.39 is 17.5 Å². The highest BCUT2D eigenvalue weighted by atomic mass is 32.1. The van der Waals surface area contributed by atoms with Gasteiger partial charge in [-0.25, -0.2) is 4.39 Å². The van der Waals surface area contributed by atoms with Crippen molar-refractivity contribution in [3.05, 3.63) is 58.1 Å². The number of carbonyl (C=O) groups is 1. The minimum Gasteiger partial charge on any atom is -0.396 e. The van der Waals surface area contributed by atoms with Crippen LogP contribution in [0.4, 0.5) is 10.1 Å². The summed E-state index contributed by atoms with van der Waals surface area (Å²) < 4.78 is 13.9. The fourth-order valence-electron chi connectivity index (χ4n) is 1.75. The molecule has 1 aromatic carbocycles. The minimum atomic E-state index is -1.16. The van der Waals surface area contributed by atoms with Gasteiger partial charge in [0.15, 0.2) is 5.78 Å². The van der Waals surface area contributed by atoms with Gasteiger partial charge in [-0.15, -0.1) is 0 Å². The van der Waals surface area contributed by atoms with Gasteiger partial charge in [0.25, 0.3) is 0 Å². The number of aromatic nitrogens is 1. The number of hydrogen-bond donors (Lipinski definition) is 2. The first-order valence-electron chi connectivity index (χ1n) is 5.71. The summed E-state index contributed by atoms with van der Waals surface area (Å²) in [7, 11) is 0. The number of halogens is 1. The van der Waals surface area contributed by atoms with Crippen LogP contribution in [0.5, 0.6) is 0 Å². The molecule has 2 aromatic rings. The summed E-state index contributed by atoms with van der Waals surface area (Å²) in [4.78, 5) is 15.0. The molecule has 0 bridgehead atoms. The SMILES string of the molecule is N#CC(C(=O)c1ccccc1F)c1ccc(N)c(=S)[nH]1. The molecule has 1 aromatic heterocycles. The van der Waals surface area contributed by atoms with Gasteiger partial charge in [0, 0.05) is 5.69 Å². The number of anilines is 1. The highest BCUT2D eigenvalue weighted by Gasteiger charge is 2.24. The Morgan fingerprint density at radius 1 is 1.35 bits per heavy atom. The molecule has 20 heavy (non-hydrogen) atoms. The maximum absolute atomic E-state index is 13.6. The number of nitrogens with zero attached hydrogens (tertiary/aromatic N) is 1. The maximum atomic E-state index is 13.6. The third-order valence-electron chi connectivity index (χ3n) is 2.80. The van der Waals surface area contributed by atoms with Crippen LogP contribution in [-0.2, 0) is 0 Å². The van der Waals surface area contributed by atoms with Gasteiger partial charge in [0.2, 0.25) is 0 Å². The highest BCUT2D eigenvalue weighted by Crippen LogP contribution is 2.21. The smallest absolute Gasteiger partial charge is 0.188 e. The number of ketones is 1. The number of Topliss-reactive ketones (excluding diaryl/α,β-unsaturated/α-hetero) is 1. The first-order valence-corrected chi connectivity index (χ1v) is 6.12. The van der Waals surface area contributed by atoms with Gasteiger partial charge in [-0.05, 0) is 24.3 Å². The Kier molecular flexibility index (Phi) is 3.91. The van der Waals surface area contributed by atoms with Gasteiger partial charge in [-0.1, -0.05) is 24.4 Å². The predicted molar refractivity (Wildman–Crippen MR) is 75.1 cm³/mol. The highest BCUT2D eigenvalue weighted by molar-refractivity contribution is 7.71. The van der Waals surface area contributed by atoms with Crippen molar-refractivity contribution in [3.8, 4) is 6.07 Å². The second-order valence-corrected chi connectivity index (χ2v) is 4.51. The summed E-state index contributed by atoms with van der Waals surface area (Å²) in [5.41, 5.74) is 6.09. The molecule has 0 aliphatic carbocycles. The number of nitrogen functional groups attached to an aromatic ring is 1. The predicted octanol–water partition coefficient (Wildman–Crippen LogP) is 2.96. The Labute approximate surface area is 119 Å². The number of hydrogen-bond acceptors (Lipinski definition) is 4. The minimum absolute atomic E-state index is 0.129. The second kappa shape index (κ2) is 5.63. The summed E-state index contributed by atoms with van der Waals surface area (Å²) in [6.45, 7) is 0. The quantitative estimate of drug-likeness (QED) is 0.671. The van der Waals surface area contributed by atoms with Gasteiger partial charge in [0.1, 0.15) is 16.4 Å². The largest absolute Gasteiger partial charge is 0.396 e. The Hall–Kier alpha value is -2.52. The molecule has 0 aliphatic heterocycles. The van der Waals surface area contributed by atoms with Crippen molar-refractivity contribution in [1.82, 2.24) is 4.98 Å². The van der Waals surface area contributed by atoms with E-state index in [-0.39, 0.29) is 10.2 Å². The lowest BCUT2D eigenvalue weighted by molar-refractivity contribution is 0.0973. The zero-order valence-electron chi connectivity index (χ0n) is 10.3. The third-order valence-corrected chi connectivity index (χ3v) is 3.14. The van der Waals surface area contributed by atoms with Crippen molar-refractivity contribution in [2.24, 2.45) is 0 Å². The Balaban J connectivity index is 2.46. The molecule has 0 fully saturated rings. The van der Waals surface area contributed by atoms with Crippen LogP contribution in [0.25, 0.3) is 0 Å². The van der Waals surface area contributed by atoms with E-state index in [0.29, 0.717) is 11.4 Å². The lowest BCUT2D eigenvalue weighted by Crippen LogP contribution is -2.14. The zero-order chi connectivity index (χ0) is 14.7. The number of nitrogens with two attached hydrogens (primary N) is 1. The van der Waals surface area contributed by atoms with Crippen LogP contribution in [0.2, 0.25) is 0 Å². The van der Waals surface area contributed by atoms with Crippen LogP contribution in [-0.4, -0.2) is 10.8 Å². The van der Waals surface area contributed by atoms with Crippen LogP contribution >= 0.6 is 12.2 Å². The monoisotopic (exact) mass is 287 g/mol. The van der Waals surface area contributed by atoms with Crippen molar-refractivity contribution in [1.29, 1.82) is 5.26 Å². The standard InChI is InChI=1S/C14H10FN3OS/c15-10-4-2-1-3-8(10)13(19)9(7-16)12-6-5-11(17)14(20)18-12/h1-6,9H,17H2,(H,18,20). The fourth-order valence-corrected chi connectivity index (χ4v) is 1.94. The lowest BCUT2D eigenvalue weighted by atomic mass is 9.95. The maximum Gasteiger partial charge on any atom is 0.188 e. The number of rotatable bonds is 3. The third kappa shape index (κ3) is 2.58. The molecule has 0 amide bonds. The molecule has 0 aliphatic rings. The fraction of sp³-hybridized carbons (Fsp3) is 0.0714. The van der Waals surface area contributed by atoms with Crippen LogP contribution in [0, 0.1) is 21.8 Å². The van der Waals surface area contributed by atoms with Crippen LogP contribution in [0.3, 0.4) is 0 Å². The molecule has 4 nitrogen and oxygen atoms in total. The zero-order valence-corrected chi connectivity index (χ0v) is 11.1. The Morgan fingerprint density at radius 2 is 2.05 bits per heavy atom. The number of carbonyl (C=O) groups excluding carboxylic acids is 1. The number of nitriles is 1. The molecule has 3 N–H and O–H groups in total. The van der Waals surface area contributed by atoms with Crippen molar-refractivity contribution >= 4 is 23.7 Å². The van der Waals surface area contributed by atoms with E-state index in [1.165, 1.54) is 36.4 Å². The molecule has 1 atom stereocenters. The average Bonchev–Trinajstić information content (AvgIpc) is 2.44. The molecule has 0 radical (unpaired) electrons. The van der Waals surface area contributed by atoms with E-state index in [4.69, 9.17) is 18.0 Å². The van der Waals surface area contributed by atoms with Gasteiger partial charge in [-0.2, -0.15) is 5.26 Å². The molecule has 6 heteroatoms. The van der Waals surface area contributed by atoms with E-state index in [2.05, 4.69) is 4.98 Å². The summed E-state index contributed by atoms with van der Waals surface area (Å²) in [6.07, 6.45) is 0. The molecule has 2 rings (SSSR count). The average molecular weight is 287 g/mol. The first kappa shape index (κ1) is 13.9. The molecule has 0 saturated heterocycles. The summed E-state index contributed by atoms with van der Waals surface area (Å²) in [6, 6.07) is 10.4. The van der Waals surface area contributed by atoms with E-state index in [9.17, 15) is 14.4 Å². The first-order chi connectivity index (χ1) is 9.54. The van der Waals surface area contributed by atoms with Gasteiger partial charge >= 0.3 is 0 Å². The number of pyridine rings is 1. The molecular weight excluding hydrogens is 277 g/mol. The second-order valence-electron chi connectivity index (χ2n) is 4.10. The molecule has 100 valence electrons. The van der Waals surface area contributed by atoms with Gasteiger partial charge in [0.05, 0.1) is 17.3 Å². The summed E-state index contributed by atoms with van der Waals surface area (Å²) >= 11 is 4.96. The molecule has 1 heterocycles.